The molecule has 0 bridgehead atoms. The first-order valence-electron chi connectivity index (χ1n) is 11.2. The fourth-order valence-electron chi connectivity index (χ4n) is 3.98. The van der Waals surface area contributed by atoms with Gasteiger partial charge in [-0.05, 0) is 43.4 Å². The van der Waals surface area contributed by atoms with Crippen LogP contribution < -0.4 is 10.2 Å². The number of benzene rings is 2. The molecule has 0 radical (unpaired) electrons. The second-order valence-corrected chi connectivity index (χ2v) is 11.4. The van der Waals surface area contributed by atoms with Crippen LogP contribution in [0.2, 0.25) is 0 Å². The summed E-state index contributed by atoms with van der Waals surface area (Å²) in [5, 5.41) is 8.19. The van der Waals surface area contributed by atoms with E-state index in [2.05, 4.69) is 53.7 Å². The fourth-order valence-corrected chi connectivity index (χ4v) is 4.60. The SMILES string of the molecule is CN1CCN(c2ccc(Nc3ncc4cnn(-c5cccc(N=S(C)(C)=O)c5F)c4n3)cc2)CC1. The number of halogens is 1. The third-order valence-electron chi connectivity index (χ3n) is 5.81. The maximum atomic E-state index is 15.2. The van der Waals surface area contributed by atoms with Gasteiger partial charge in [0.05, 0.1) is 11.6 Å². The molecule has 3 heterocycles. The Labute approximate surface area is 203 Å². The van der Waals surface area contributed by atoms with Crippen LogP contribution in [0.4, 0.5) is 27.4 Å². The summed E-state index contributed by atoms with van der Waals surface area (Å²) in [4.78, 5) is 13.7. The summed E-state index contributed by atoms with van der Waals surface area (Å²) in [5.74, 6) is -0.237. The molecular weight excluding hydrogens is 467 g/mol. The maximum Gasteiger partial charge on any atom is 0.229 e. The van der Waals surface area contributed by atoms with E-state index in [9.17, 15) is 4.21 Å². The minimum Gasteiger partial charge on any atom is -0.369 e. The van der Waals surface area contributed by atoms with Gasteiger partial charge in [0.15, 0.2) is 11.5 Å². The van der Waals surface area contributed by atoms with Crippen molar-refractivity contribution in [1.82, 2.24) is 24.6 Å². The van der Waals surface area contributed by atoms with Crippen molar-refractivity contribution in [3.8, 4) is 5.69 Å². The van der Waals surface area contributed by atoms with Crippen LogP contribution in [-0.4, -0.2) is 74.6 Å². The lowest BCUT2D eigenvalue weighted by atomic mass is 10.2. The second-order valence-electron chi connectivity index (χ2n) is 8.87. The van der Waals surface area contributed by atoms with E-state index in [1.165, 1.54) is 28.9 Å². The second kappa shape index (κ2) is 9.23. The first kappa shape index (κ1) is 23.2. The number of nitrogens with one attached hydrogen (secondary N) is 1. The molecule has 1 aliphatic rings. The van der Waals surface area contributed by atoms with Crippen LogP contribution >= 0.6 is 0 Å². The molecule has 2 aromatic carbocycles. The lowest BCUT2D eigenvalue weighted by Gasteiger charge is -2.34. The minimum absolute atomic E-state index is 0.0222. The molecule has 2 aromatic heterocycles. The highest BCUT2D eigenvalue weighted by molar-refractivity contribution is 7.92. The molecule has 1 saturated heterocycles. The number of nitrogens with zero attached hydrogens (tertiary/aromatic N) is 7. The van der Waals surface area contributed by atoms with Gasteiger partial charge in [0, 0.05) is 66.0 Å². The molecule has 1 N–H and O–H groups in total. The Morgan fingerprint density at radius 3 is 2.49 bits per heavy atom. The molecule has 35 heavy (non-hydrogen) atoms. The summed E-state index contributed by atoms with van der Waals surface area (Å²) in [6.07, 6.45) is 6.15. The van der Waals surface area contributed by atoms with Gasteiger partial charge < -0.3 is 15.1 Å². The Morgan fingerprint density at radius 2 is 1.77 bits per heavy atom. The van der Waals surface area contributed by atoms with E-state index in [1.807, 2.05) is 12.1 Å². The molecule has 0 aliphatic carbocycles. The van der Waals surface area contributed by atoms with Crippen molar-refractivity contribution in [2.45, 2.75) is 0 Å². The summed E-state index contributed by atoms with van der Waals surface area (Å²) < 4.78 is 32.7. The number of hydrogen-bond donors (Lipinski definition) is 1. The van der Waals surface area contributed by atoms with Crippen molar-refractivity contribution >= 4 is 43.8 Å². The molecule has 0 spiro atoms. The molecule has 4 aromatic rings. The van der Waals surface area contributed by atoms with Crippen molar-refractivity contribution in [2.75, 3.05) is 56.0 Å². The molecule has 9 nitrogen and oxygen atoms in total. The van der Waals surface area contributed by atoms with Crippen molar-refractivity contribution in [2.24, 2.45) is 4.36 Å². The Morgan fingerprint density at radius 1 is 1.03 bits per heavy atom. The van der Waals surface area contributed by atoms with E-state index in [4.69, 9.17) is 0 Å². The first-order valence-corrected chi connectivity index (χ1v) is 13.6. The number of piperazine rings is 1. The largest absolute Gasteiger partial charge is 0.369 e. The number of rotatable bonds is 5. The van der Waals surface area contributed by atoms with Crippen molar-refractivity contribution in [3.63, 3.8) is 0 Å². The predicted molar refractivity (Wildman–Crippen MR) is 138 cm³/mol. The Hall–Kier alpha value is -3.57. The van der Waals surface area contributed by atoms with E-state index >= 15 is 4.39 Å². The van der Waals surface area contributed by atoms with Crippen LogP contribution in [0.15, 0.2) is 59.2 Å². The topological polar surface area (TPSA) is 91.5 Å². The number of fused-ring (bicyclic) bond motifs is 1. The summed E-state index contributed by atoms with van der Waals surface area (Å²) in [6, 6.07) is 12.9. The molecule has 182 valence electrons. The Bertz CT molecular complexity index is 1480. The van der Waals surface area contributed by atoms with Gasteiger partial charge in [0.1, 0.15) is 11.4 Å². The molecule has 0 atom stereocenters. The van der Waals surface area contributed by atoms with Gasteiger partial charge in [-0.3, -0.25) is 0 Å². The van der Waals surface area contributed by atoms with E-state index < -0.39 is 15.5 Å². The lowest BCUT2D eigenvalue weighted by Crippen LogP contribution is -2.44. The maximum absolute atomic E-state index is 15.2. The van der Waals surface area contributed by atoms with E-state index in [0.717, 1.165) is 31.9 Å². The highest BCUT2D eigenvalue weighted by Gasteiger charge is 2.16. The van der Waals surface area contributed by atoms with Crippen LogP contribution in [0.5, 0.6) is 0 Å². The van der Waals surface area contributed by atoms with E-state index in [0.29, 0.717) is 17.0 Å². The van der Waals surface area contributed by atoms with Gasteiger partial charge in [-0.25, -0.2) is 18.3 Å². The third-order valence-corrected chi connectivity index (χ3v) is 6.44. The monoisotopic (exact) mass is 494 g/mol. The Kier molecular flexibility index (Phi) is 6.12. The van der Waals surface area contributed by atoms with Crippen LogP contribution in [0.3, 0.4) is 0 Å². The molecular formula is C24H27FN8OS. The van der Waals surface area contributed by atoms with Crippen LogP contribution in [0, 0.1) is 5.82 Å². The zero-order valence-corrected chi connectivity index (χ0v) is 20.7. The van der Waals surface area contributed by atoms with Crippen molar-refractivity contribution in [1.29, 1.82) is 0 Å². The summed E-state index contributed by atoms with van der Waals surface area (Å²) in [5.41, 5.74) is 2.67. The van der Waals surface area contributed by atoms with Gasteiger partial charge in [-0.2, -0.15) is 14.4 Å². The normalized spacial score (nSPS) is 14.9. The summed E-state index contributed by atoms with van der Waals surface area (Å²) >= 11 is 0. The van der Waals surface area contributed by atoms with Crippen LogP contribution in [-0.2, 0) is 9.73 Å². The highest BCUT2D eigenvalue weighted by Crippen LogP contribution is 2.27. The van der Waals surface area contributed by atoms with Gasteiger partial charge >= 0.3 is 0 Å². The van der Waals surface area contributed by atoms with Gasteiger partial charge in [-0.1, -0.05) is 6.07 Å². The minimum atomic E-state index is -2.52. The molecule has 0 amide bonds. The van der Waals surface area contributed by atoms with E-state index in [-0.39, 0.29) is 11.4 Å². The molecule has 1 aliphatic heterocycles. The molecule has 0 saturated carbocycles. The van der Waals surface area contributed by atoms with Gasteiger partial charge in [0.2, 0.25) is 5.95 Å². The number of likely N-dealkylation sites (N-methyl/N-ethyl adjacent to an activating group) is 1. The average Bonchev–Trinajstić information content (AvgIpc) is 3.24. The van der Waals surface area contributed by atoms with Crippen molar-refractivity contribution < 1.29 is 8.60 Å². The Balaban J connectivity index is 1.42. The molecule has 1 fully saturated rings. The molecule has 0 unspecified atom stereocenters. The van der Waals surface area contributed by atoms with Gasteiger partial charge in [-0.15, -0.1) is 0 Å². The van der Waals surface area contributed by atoms with E-state index in [1.54, 1.807) is 24.5 Å². The van der Waals surface area contributed by atoms with Crippen molar-refractivity contribution in [3.05, 3.63) is 60.7 Å². The lowest BCUT2D eigenvalue weighted by molar-refractivity contribution is 0.313. The quantitative estimate of drug-likeness (QED) is 0.451. The standard InChI is InChI=1S/C24H27FN8OS/c1-31-11-13-32(14-12-31)19-9-7-18(8-10-19)28-24-26-15-17-16-27-33(23(17)29-24)21-6-4-5-20(22(21)25)30-35(2,3)34/h4-10,15-16H,11-14H2,1-3H3,(H,26,28,29). The number of aromatic nitrogens is 4. The fraction of sp³-hybridized carbons (Fsp3) is 0.292. The number of hydrogen-bond acceptors (Lipinski definition) is 8. The highest BCUT2D eigenvalue weighted by atomic mass is 32.2. The van der Waals surface area contributed by atoms with Gasteiger partial charge in [0.25, 0.3) is 0 Å². The zero-order chi connectivity index (χ0) is 24.6. The first-order chi connectivity index (χ1) is 16.8. The summed E-state index contributed by atoms with van der Waals surface area (Å²) in [6.45, 7) is 4.11. The molecule has 11 heteroatoms. The predicted octanol–water partition coefficient (Wildman–Crippen LogP) is 3.81. The summed E-state index contributed by atoms with van der Waals surface area (Å²) in [7, 11) is -0.377. The average molecular weight is 495 g/mol. The smallest absolute Gasteiger partial charge is 0.229 e. The molecule has 5 rings (SSSR count). The number of anilines is 3. The third kappa shape index (κ3) is 5.10. The zero-order valence-electron chi connectivity index (χ0n) is 19.8. The van der Waals surface area contributed by atoms with Crippen LogP contribution in [0.25, 0.3) is 16.7 Å². The van der Waals surface area contributed by atoms with Crippen LogP contribution in [0.1, 0.15) is 0 Å².